The fourth-order valence-electron chi connectivity index (χ4n) is 2.36. The monoisotopic (exact) mass is 272 g/mol. The van der Waals surface area contributed by atoms with Crippen molar-refractivity contribution in [1.82, 2.24) is 10.2 Å². The minimum absolute atomic E-state index is 0.278. The third-order valence-corrected chi connectivity index (χ3v) is 4.77. The van der Waals surface area contributed by atoms with E-state index in [1.54, 1.807) is 0 Å². The van der Waals surface area contributed by atoms with Crippen LogP contribution in [-0.2, 0) is 0 Å². The molecule has 1 N–H and O–H groups in total. The Morgan fingerprint density at radius 2 is 1.89 bits per heavy atom. The molecule has 2 nitrogen and oxygen atoms in total. The highest BCUT2D eigenvalue weighted by molar-refractivity contribution is 7.99. The first-order valence-electron chi connectivity index (χ1n) is 7.52. The normalized spacial score (nSPS) is 20.8. The Bertz CT molecular complexity index is 207. The fourth-order valence-corrected chi connectivity index (χ4v) is 3.65. The number of hydrogen-bond acceptors (Lipinski definition) is 3. The standard InChI is InChI=1S/C15H32N2S/c1-15(2,3)16-10-7-5-6-8-11-17(4)14-9-12-18-13-14/h14,16H,5-13H2,1-4H3. The van der Waals surface area contributed by atoms with E-state index in [0.717, 1.165) is 6.04 Å². The summed E-state index contributed by atoms with van der Waals surface area (Å²) in [6.45, 7) is 9.17. The average Bonchev–Trinajstić information content (AvgIpc) is 2.79. The number of nitrogens with one attached hydrogen (secondary N) is 1. The molecule has 1 aliphatic heterocycles. The molecule has 0 saturated carbocycles. The minimum Gasteiger partial charge on any atom is -0.312 e. The summed E-state index contributed by atoms with van der Waals surface area (Å²) in [4.78, 5) is 2.58. The SMILES string of the molecule is CN(CCCCCCNC(C)(C)C)C1CCSC1. The molecule has 1 heterocycles. The maximum atomic E-state index is 3.55. The molecule has 1 unspecified atom stereocenters. The first-order chi connectivity index (χ1) is 8.49. The van der Waals surface area contributed by atoms with Crippen molar-refractivity contribution in [3.63, 3.8) is 0 Å². The predicted octanol–water partition coefficient (Wildman–Crippen LogP) is 3.37. The largest absolute Gasteiger partial charge is 0.312 e. The van der Waals surface area contributed by atoms with Crippen LogP contribution in [0.4, 0.5) is 0 Å². The number of unbranched alkanes of at least 4 members (excludes halogenated alkanes) is 3. The van der Waals surface area contributed by atoms with Crippen molar-refractivity contribution in [3.8, 4) is 0 Å². The number of nitrogens with zero attached hydrogens (tertiary/aromatic N) is 1. The van der Waals surface area contributed by atoms with Gasteiger partial charge in [-0.25, -0.2) is 0 Å². The van der Waals surface area contributed by atoms with Gasteiger partial charge in [-0.1, -0.05) is 12.8 Å². The zero-order chi connectivity index (χ0) is 13.4. The van der Waals surface area contributed by atoms with E-state index in [0.29, 0.717) is 0 Å². The van der Waals surface area contributed by atoms with Gasteiger partial charge in [-0.3, -0.25) is 0 Å². The molecule has 0 spiro atoms. The van der Waals surface area contributed by atoms with Crippen molar-refractivity contribution in [2.45, 2.75) is 64.5 Å². The van der Waals surface area contributed by atoms with Crippen LogP contribution in [0.1, 0.15) is 52.9 Å². The van der Waals surface area contributed by atoms with E-state index in [1.165, 1.54) is 56.7 Å². The molecule has 108 valence electrons. The van der Waals surface area contributed by atoms with E-state index < -0.39 is 0 Å². The van der Waals surface area contributed by atoms with Crippen molar-refractivity contribution in [1.29, 1.82) is 0 Å². The molecule has 0 bridgehead atoms. The topological polar surface area (TPSA) is 15.3 Å². The van der Waals surface area contributed by atoms with Gasteiger partial charge in [0.15, 0.2) is 0 Å². The van der Waals surface area contributed by atoms with E-state index in [9.17, 15) is 0 Å². The lowest BCUT2D eigenvalue weighted by Crippen LogP contribution is -2.36. The van der Waals surface area contributed by atoms with E-state index in [-0.39, 0.29) is 5.54 Å². The van der Waals surface area contributed by atoms with Gasteiger partial charge in [0.05, 0.1) is 0 Å². The molecular formula is C15H32N2S. The second-order valence-corrected chi connectivity index (χ2v) is 7.74. The molecule has 0 radical (unpaired) electrons. The Morgan fingerprint density at radius 3 is 2.50 bits per heavy atom. The Balaban J connectivity index is 1.89. The molecule has 0 aromatic heterocycles. The minimum atomic E-state index is 0.278. The first-order valence-corrected chi connectivity index (χ1v) is 8.67. The number of rotatable bonds is 8. The number of thioether (sulfide) groups is 1. The lowest BCUT2D eigenvalue weighted by Gasteiger charge is -2.23. The molecule has 0 amide bonds. The smallest absolute Gasteiger partial charge is 0.0191 e. The third kappa shape index (κ3) is 7.65. The maximum absolute atomic E-state index is 3.55. The summed E-state index contributed by atoms with van der Waals surface area (Å²) in [5.41, 5.74) is 0.278. The van der Waals surface area contributed by atoms with Gasteiger partial charge in [-0.2, -0.15) is 11.8 Å². The van der Waals surface area contributed by atoms with E-state index >= 15 is 0 Å². The van der Waals surface area contributed by atoms with Crippen molar-refractivity contribution in [2.24, 2.45) is 0 Å². The van der Waals surface area contributed by atoms with Crippen LogP contribution < -0.4 is 5.32 Å². The van der Waals surface area contributed by atoms with Gasteiger partial charge in [0.2, 0.25) is 0 Å². The summed E-state index contributed by atoms with van der Waals surface area (Å²) >= 11 is 2.11. The van der Waals surface area contributed by atoms with Crippen LogP contribution >= 0.6 is 11.8 Å². The van der Waals surface area contributed by atoms with Gasteiger partial charge < -0.3 is 10.2 Å². The summed E-state index contributed by atoms with van der Waals surface area (Å²) in [7, 11) is 2.30. The van der Waals surface area contributed by atoms with Gasteiger partial charge in [0.1, 0.15) is 0 Å². The predicted molar refractivity (Wildman–Crippen MR) is 84.6 cm³/mol. The lowest BCUT2D eigenvalue weighted by molar-refractivity contribution is 0.256. The maximum Gasteiger partial charge on any atom is 0.0191 e. The van der Waals surface area contributed by atoms with Gasteiger partial charge in [-0.15, -0.1) is 0 Å². The van der Waals surface area contributed by atoms with Crippen LogP contribution in [0.2, 0.25) is 0 Å². The molecule has 1 aliphatic rings. The molecule has 0 aliphatic carbocycles. The summed E-state index contributed by atoms with van der Waals surface area (Å²) in [6, 6.07) is 0.859. The highest BCUT2D eigenvalue weighted by Crippen LogP contribution is 2.21. The van der Waals surface area contributed by atoms with Crippen LogP contribution in [0.15, 0.2) is 0 Å². The second kappa shape index (κ2) is 8.44. The summed E-state index contributed by atoms with van der Waals surface area (Å²) < 4.78 is 0. The summed E-state index contributed by atoms with van der Waals surface area (Å²) in [5.74, 6) is 2.72. The molecule has 1 fully saturated rings. The van der Waals surface area contributed by atoms with Gasteiger partial charge in [-0.05, 0) is 65.9 Å². The van der Waals surface area contributed by atoms with Crippen molar-refractivity contribution >= 4 is 11.8 Å². The lowest BCUT2D eigenvalue weighted by atomic mass is 10.1. The van der Waals surface area contributed by atoms with Crippen LogP contribution in [0.25, 0.3) is 0 Å². The third-order valence-electron chi connectivity index (χ3n) is 3.62. The highest BCUT2D eigenvalue weighted by atomic mass is 32.2. The molecule has 3 heteroatoms. The zero-order valence-corrected chi connectivity index (χ0v) is 13.6. The van der Waals surface area contributed by atoms with Crippen LogP contribution in [-0.4, -0.2) is 48.1 Å². The van der Waals surface area contributed by atoms with Crippen molar-refractivity contribution < 1.29 is 0 Å². The Hall–Kier alpha value is 0.270. The fraction of sp³-hybridized carbons (Fsp3) is 1.00. The quantitative estimate of drug-likeness (QED) is 0.682. The molecule has 1 saturated heterocycles. The second-order valence-electron chi connectivity index (χ2n) is 6.59. The summed E-state index contributed by atoms with van der Waals surface area (Å²) in [5, 5.41) is 3.55. The highest BCUT2D eigenvalue weighted by Gasteiger charge is 2.19. The van der Waals surface area contributed by atoms with Crippen molar-refractivity contribution in [2.75, 3.05) is 31.6 Å². The van der Waals surface area contributed by atoms with Crippen molar-refractivity contribution in [3.05, 3.63) is 0 Å². The van der Waals surface area contributed by atoms with Gasteiger partial charge >= 0.3 is 0 Å². The molecule has 18 heavy (non-hydrogen) atoms. The molecule has 1 rings (SSSR count). The van der Waals surface area contributed by atoms with Crippen LogP contribution in [0.3, 0.4) is 0 Å². The van der Waals surface area contributed by atoms with E-state index in [1.807, 2.05) is 0 Å². The van der Waals surface area contributed by atoms with E-state index in [4.69, 9.17) is 0 Å². The van der Waals surface area contributed by atoms with Crippen LogP contribution in [0, 0.1) is 0 Å². The summed E-state index contributed by atoms with van der Waals surface area (Å²) in [6.07, 6.45) is 6.84. The molecular weight excluding hydrogens is 240 g/mol. The van der Waals surface area contributed by atoms with Gasteiger partial charge in [0.25, 0.3) is 0 Å². The molecule has 0 aromatic rings. The molecule has 1 atom stereocenters. The van der Waals surface area contributed by atoms with Crippen LogP contribution in [0.5, 0.6) is 0 Å². The van der Waals surface area contributed by atoms with E-state index in [2.05, 4.69) is 49.8 Å². The molecule has 0 aromatic carbocycles. The number of hydrogen-bond donors (Lipinski definition) is 1. The first kappa shape index (κ1) is 16.3. The Labute approximate surface area is 118 Å². The van der Waals surface area contributed by atoms with Gasteiger partial charge in [0, 0.05) is 17.3 Å². The Kier molecular flexibility index (Phi) is 7.66. The average molecular weight is 273 g/mol. The zero-order valence-electron chi connectivity index (χ0n) is 12.8. The Morgan fingerprint density at radius 1 is 1.17 bits per heavy atom.